The van der Waals surface area contributed by atoms with Gasteiger partial charge in [0.05, 0.1) is 6.20 Å². The fourth-order valence-corrected chi connectivity index (χ4v) is 1.33. The topological polar surface area (TPSA) is 55.0 Å². The Hall–Kier alpha value is -1.03. The van der Waals surface area contributed by atoms with Crippen molar-refractivity contribution in [2.24, 2.45) is 0 Å². The molecule has 4 nitrogen and oxygen atoms in total. The monoisotopic (exact) mass is 214 g/mol. The van der Waals surface area contributed by atoms with E-state index in [1.165, 1.54) is 6.20 Å². The molecule has 14 heavy (non-hydrogen) atoms. The SMILES string of the molecule is CCC(C)N(C)c1nc(N)ncc1Cl. The first-order valence-electron chi connectivity index (χ1n) is 4.57. The molecule has 78 valence electrons. The van der Waals surface area contributed by atoms with Crippen LogP contribution in [0, 0.1) is 0 Å². The summed E-state index contributed by atoms with van der Waals surface area (Å²) in [5, 5.41) is 0.530. The van der Waals surface area contributed by atoms with Gasteiger partial charge in [0.25, 0.3) is 0 Å². The summed E-state index contributed by atoms with van der Waals surface area (Å²) in [6.45, 7) is 4.22. The fourth-order valence-electron chi connectivity index (χ4n) is 1.10. The molecule has 0 saturated carbocycles. The summed E-state index contributed by atoms with van der Waals surface area (Å²) in [6, 6.07) is 0.377. The van der Waals surface area contributed by atoms with Crippen molar-refractivity contribution >= 4 is 23.4 Å². The van der Waals surface area contributed by atoms with Gasteiger partial charge in [-0.3, -0.25) is 0 Å². The molecular weight excluding hydrogens is 200 g/mol. The zero-order valence-corrected chi connectivity index (χ0v) is 9.41. The molecule has 0 aliphatic rings. The number of rotatable bonds is 3. The Morgan fingerprint density at radius 3 is 2.86 bits per heavy atom. The Kier molecular flexibility index (Phi) is 3.52. The highest BCUT2D eigenvalue weighted by molar-refractivity contribution is 6.32. The average Bonchev–Trinajstić information content (AvgIpc) is 2.19. The van der Waals surface area contributed by atoms with Crippen molar-refractivity contribution in [2.45, 2.75) is 26.3 Å². The second kappa shape index (κ2) is 4.46. The quantitative estimate of drug-likeness (QED) is 0.836. The zero-order chi connectivity index (χ0) is 10.7. The van der Waals surface area contributed by atoms with Crippen LogP contribution in [-0.4, -0.2) is 23.1 Å². The summed E-state index contributed by atoms with van der Waals surface area (Å²) in [5.41, 5.74) is 5.50. The maximum Gasteiger partial charge on any atom is 0.222 e. The van der Waals surface area contributed by atoms with Gasteiger partial charge in [-0.15, -0.1) is 0 Å². The number of hydrogen-bond acceptors (Lipinski definition) is 4. The fraction of sp³-hybridized carbons (Fsp3) is 0.556. The number of halogens is 1. The molecule has 1 aromatic rings. The molecule has 2 N–H and O–H groups in total. The lowest BCUT2D eigenvalue weighted by Gasteiger charge is -2.25. The van der Waals surface area contributed by atoms with E-state index in [0.29, 0.717) is 16.9 Å². The Bertz CT molecular complexity index is 316. The van der Waals surface area contributed by atoms with E-state index in [0.717, 1.165) is 6.42 Å². The summed E-state index contributed by atoms with van der Waals surface area (Å²) in [5.74, 6) is 0.938. The van der Waals surface area contributed by atoms with Crippen molar-refractivity contribution < 1.29 is 0 Å². The molecule has 0 aliphatic heterocycles. The highest BCUT2D eigenvalue weighted by Crippen LogP contribution is 2.23. The molecule has 1 unspecified atom stereocenters. The Balaban J connectivity index is 2.99. The number of nitrogens with two attached hydrogens (primary N) is 1. The van der Waals surface area contributed by atoms with Crippen LogP contribution in [-0.2, 0) is 0 Å². The standard InChI is InChI=1S/C9H15ClN4/c1-4-6(2)14(3)8-7(10)5-12-9(11)13-8/h5-6H,4H2,1-3H3,(H2,11,12,13). The smallest absolute Gasteiger partial charge is 0.222 e. The van der Waals surface area contributed by atoms with Crippen molar-refractivity contribution in [1.29, 1.82) is 0 Å². The molecule has 1 rings (SSSR count). The minimum absolute atomic E-state index is 0.250. The van der Waals surface area contributed by atoms with Gasteiger partial charge in [-0.1, -0.05) is 18.5 Å². The van der Waals surface area contributed by atoms with Crippen LogP contribution >= 0.6 is 11.6 Å². The number of aromatic nitrogens is 2. The van der Waals surface area contributed by atoms with E-state index in [4.69, 9.17) is 17.3 Å². The van der Waals surface area contributed by atoms with E-state index < -0.39 is 0 Å². The summed E-state index contributed by atoms with van der Waals surface area (Å²) in [7, 11) is 1.95. The summed E-state index contributed by atoms with van der Waals surface area (Å²) in [6.07, 6.45) is 2.55. The van der Waals surface area contributed by atoms with Crippen molar-refractivity contribution in [3.05, 3.63) is 11.2 Å². The third kappa shape index (κ3) is 2.26. The number of nitrogens with zero attached hydrogens (tertiary/aromatic N) is 3. The van der Waals surface area contributed by atoms with Crippen molar-refractivity contribution in [3.63, 3.8) is 0 Å². The average molecular weight is 215 g/mol. The molecule has 5 heteroatoms. The minimum atomic E-state index is 0.250. The molecule has 0 bridgehead atoms. The predicted octanol–water partition coefficient (Wildman–Crippen LogP) is 1.95. The van der Waals surface area contributed by atoms with Crippen LogP contribution in [0.15, 0.2) is 6.20 Å². The highest BCUT2D eigenvalue weighted by atomic mass is 35.5. The molecule has 0 amide bonds. The van der Waals surface area contributed by atoms with E-state index >= 15 is 0 Å². The molecule has 0 aromatic carbocycles. The Morgan fingerprint density at radius 1 is 1.64 bits per heavy atom. The van der Waals surface area contributed by atoms with E-state index in [9.17, 15) is 0 Å². The molecule has 0 fully saturated rings. The van der Waals surface area contributed by atoms with Gasteiger partial charge >= 0.3 is 0 Å². The summed E-state index contributed by atoms with van der Waals surface area (Å²) >= 11 is 5.97. The van der Waals surface area contributed by atoms with E-state index in [-0.39, 0.29) is 5.95 Å². The lowest BCUT2D eigenvalue weighted by atomic mass is 10.2. The van der Waals surface area contributed by atoms with Gasteiger partial charge in [-0.2, -0.15) is 4.98 Å². The molecule has 1 heterocycles. The van der Waals surface area contributed by atoms with Gasteiger partial charge in [0.15, 0.2) is 5.82 Å². The Labute approximate surface area is 89.1 Å². The van der Waals surface area contributed by atoms with Crippen LogP contribution in [0.3, 0.4) is 0 Å². The molecule has 1 atom stereocenters. The maximum absolute atomic E-state index is 5.97. The lowest BCUT2D eigenvalue weighted by Crippen LogP contribution is -2.29. The van der Waals surface area contributed by atoms with Crippen LogP contribution in [0.4, 0.5) is 11.8 Å². The molecule has 0 radical (unpaired) electrons. The van der Waals surface area contributed by atoms with Crippen molar-refractivity contribution in [1.82, 2.24) is 9.97 Å². The lowest BCUT2D eigenvalue weighted by molar-refractivity contribution is 0.656. The first kappa shape index (κ1) is 11.0. The maximum atomic E-state index is 5.97. The summed E-state index contributed by atoms with van der Waals surface area (Å²) in [4.78, 5) is 9.92. The van der Waals surface area contributed by atoms with Crippen LogP contribution in [0.1, 0.15) is 20.3 Å². The Morgan fingerprint density at radius 2 is 2.29 bits per heavy atom. The van der Waals surface area contributed by atoms with E-state index in [2.05, 4.69) is 23.8 Å². The number of anilines is 2. The first-order chi connectivity index (χ1) is 6.56. The first-order valence-corrected chi connectivity index (χ1v) is 4.95. The number of nitrogen functional groups attached to an aromatic ring is 1. The second-order valence-corrected chi connectivity index (χ2v) is 3.68. The molecular formula is C9H15ClN4. The van der Waals surface area contributed by atoms with Gasteiger partial charge in [0, 0.05) is 13.1 Å². The van der Waals surface area contributed by atoms with Gasteiger partial charge in [0.2, 0.25) is 5.95 Å². The van der Waals surface area contributed by atoms with E-state index in [1.807, 2.05) is 11.9 Å². The van der Waals surface area contributed by atoms with Gasteiger partial charge < -0.3 is 10.6 Å². The second-order valence-electron chi connectivity index (χ2n) is 3.27. The van der Waals surface area contributed by atoms with Crippen LogP contribution in [0.25, 0.3) is 0 Å². The largest absolute Gasteiger partial charge is 0.368 e. The molecule has 0 saturated heterocycles. The van der Waals surface area contributed by atoms with Gasteiger partial charge in [0.1, 0.15) is 5.02 Å². The van der Waals surface area contributed by atoms with Crippen molar-refractivity contribution in [2.75, 3.05) is 17.7 Å². The van der Waals surface area contributed by atoms with Crippen LogP contribution < -0.4 is 10.6 Å². The molecule has 0 spiro atoms. The van der Waals surface area contributed by atoms with Gasteiger partial charge in [-0.25, -0.2) is 4.98 Å². The minimum Gasteiger partial charge on any atom is -0.368 e. The van der Waals surface area contributed by atoms with E-state index in [1.54, 1.807) is 0 Å². The van der Waals surface area contributed by atoms with Crippen LogP contribution in [0.2, 0.25) is 5.02 Å². The zero-order valence-electron chi connectivity index (χ0n) is 8.66. The molecule has 0 aliphatic carbocycles. The van der Waals surface area contributed by atoms with Gasteiger partial charge in [-0.05, 0) is 13.3 Å². The highest BCUT2D eigenvalue weighted by Gasteiger charge is 2.13. The normalized spacial score (nSPS) is 12.6. The molecule has 1 aromatic heterocycles. The summed E-state index contributed by atoms with van der Waals surface area (Å²) < 4.78 is 0. The van der Waals surface area contributed by atoms with Crippen molar-refractivity contribution in [3.8, 4) is 0 Å². The third-order valence-electron chi connectivity index (χ3n) is 2.33. The third-order valence-corrected chi connectivity index (χ3v) is 2.60. The van der Waals surface area contributed by atoms with Crippen LogP contribution in [0.5, 0.6) is 0 Å². The predicted molar refractivity (Wildman–Crippen MR) is 59.6 cm³/mol. The number of hydrogen-bond donors (Lipinski definition) is 1.